The molecule has 2 aliphatic heterocycles. The van der Waals surface area contributed by atoms with Gasteiger partial charge in [-0.15, -0.1) is 12.4 Å². The molecule has 2 saturated heterocycles. The number of piperazine rings is 1. The Hall–Kier alpha value is -0.810. The van der Waals surface area contributed by atoms with E-state index < -0.39 is 0 Å². The molecule has 2 amide bonds. The molecule has 0 bridgehead atoms. The van der Waals surface area contributed by atoms with E-state index in [-0.39, 0.29) is 24.2 Å². The van der Waals surface area contributed by atoms with E-state index in [2.05, 4.69) is 12.2 Å². The highest BCUT2D eigenvalue weighted by Crippen LogP contribution is 2.25. The first-order chi connectivity index (χ1) is 9.58. The van der Waals surface area contributed by atoms with Gasteiger partial charge >= 0.3 is 0 Å². The maximum Gasteiger partial charge on any atom is 0.222 e. The fraction of sp³-hybridized carbons (Fsp3) is 0.867. The first-order valence-electron chi connectivity index (χ1n) is 7.82. The predicted octanol–water partition coefficient (Wildman–Crippen LogP) is 1.12. The lowest BCUT2D eigenvalue weighted by Crippen LogP contribution is -2.50. The van der Waals surface area contributed by atoms with Crippen molar-refractivity contribution in [3.8, 4) is 0 Å². The van der Waals surface area contributed by atoms with Gasteiger partial charge in [-0.25, -0.2) is 0 Å². The van der Waals surface area contributed by atoms with Crippen LogP contribution in [0.4, 0.5) is 0 Å². The van der Waals surface area contributed by atoms with Crippen molar-refractivity contribution >= 4 is 24.2 Å². The third kappa shape index (κ3) is 5.15. The summed E-state index contributed by atoms with van der Waals surface area (Å²) in [6, 6.07) is 0. The molecule has 21 heavy (non-hydrogen) atoms. The third-order valence-electron chi connectivity index (χ3n) is 4.76. The molecule has 6 heteroatoms. The average molecular weight is 318 g/mol. The van der Waals surface area contributed by atoms with Crippen LogP contribution in [0.25, 0.3) is 0 Å². The van der Waals surface area contributed by atoms with Gasteiger partial charge in [0.25, 0.3) is 0 Å². The summed E-state index contributed by atoms with van der Waals surface area (Å²) in [5.74, 6) is 1.52. The van der Waals surface area contributed by atoms with E-state index in [1.807, 2.05) is 9.80 Å². The van der Waals surface area contributed by atoms with Gasteiger partial charge in [0.05, 0.1) is 0 Å². The number of piperidine rings is 1. The summed E-state index contributed by atoms with van der Waals surface area (Å²) < 4.78 is 0. The van der Waals surface area contributed by atoms with Crippen LogP contribution >= 0.6 is 12.4 Å². The molecule has 0 aromatic rings. The van der Waals surface area contributed by atoms with E-state index in [1.54, 1.807) is 6.92 Å². The van der Waals surface area contributed by atoms with E-state index in [9.17, 15) is 9.59 Å². The lowest BCUT2D eigenvalue weighted by atomic mass is 9.84. The van der Waals surface area contributed by atoms with Crippen molar-refractivity contribution in [2.24, 2.45) is 11.8 Å². The van der Waals surface area contributed by atoms with Gasteiger partial charge in [0.2, 0.25) is 11.8 Å². The molecular formula is C15H28ClN3O2. The van der Waals surface area contributed by atoms with Crippen LogP contribution in [0.1, 0.15) is 33.1 Å². The SMILES string of the molecule is CC(=O)N1CCN(C(=O)CC(C)C2CCNCC2)CC1.Cl. The number of halogens is 1. The number of carbonyl (C=O) groups excluding carboxylic acids is 2. The minimum atomic E-state index is 0. The molecule has 0 aromatic heterocycles. The van der Waals surface area contributed by atoms with Crippen molar-refractivity contribution in [2.45, 2.75) is 33.1 Å². The maximum atomic E-state index is 12.3. The molecule has 1 unspecified atom stereocenters. The van der Waals surface area contributed by atoms with E-state index in [1.165, 1.54) is 12.8 Å². The minimum absolute atomic E-state index is 0. The van der Waals surface area contributed by atoms with Gasteiger partial charge in [0.1, 0.15) is 0 Å². The number of carbonyl (C=O) groups is 2. The quantitative estimate of drug-likeness (QED) is 0.849. The number of nitrogens with zero attached hydrogens (tertiary/aromatic N) is 2. The second kappa shape index (κ2) is 8.59. The van der Waals surface area contributed by atoms with Crippen LogP contribution in [0.5, 0.6) is 0 Å². The van der Waals surface area contributed by atoms with Gasteiger partial charge in [-0.3, -0.25) is 9.59 Å². The number of nitrogens with one attached hydrogen (secondary N) is 1. The zero-order valence-electron chi connectivity index (χ0n) is 13.1. The number of hydrogen-bond acceptors (Lipinski definition) is 3. The summed E-state index contributed by atoms with van der Waals surface area (Å²) in [6.45, 7) is 8.72. The topological polar surface area (TPSA) is 52.7 Å². The Kier molecular flexibility index (Phi) is 7.46. The molecule has 0 saturated carbocycles. The summed E-state index contributed by atoms with van der Waals surface area (Å²) in [4.78, 5) is 27.4. The van der Waals surface area contributed by atoms with Crippen molar-refractivity contribution in [3.63, 3.8) is 0 Å². The monoisotopic (exact) mass is 317 g/mol. The largest absolute Gasteiger partial charge is 0.339 e. The van der Waals surface area contributed by atoms with E-state index >= 15 is 0 Å². The van der Waals surface area contributed by atoms with E-state index in [0.29, 0.717) is 44.4 Å². The molecule has 0 spiro atoms. The second-order valence-electron chi connectivity index (χ2n) is 6.16. The molecular weight excluding hydrogens is 290 g/mol. The van der Waals surface area contributed by atoms with Crippen LogP contribution in [-0.4, -0.2) is 60.9 Å². The molecule has 5 nitrogen and oxygen atoms in total. The zero-order valence-corrected chi connectivity index (χ0v) is 14.0. The third-order valence-corrected chi connectivity index (χ3v) is 4.76. The van der Waals surface area contributed by atoms with Gasteiger partial charge in [-0.1, -0.05) is 6.92 Å². The van der Waals surface area contributed by atoms with Crippen molar-refractivity contribution in [3.05, 3.63) is 0 Å². The molecule has 1 N–H and O–H groups in total. The van der Waals surface area contributed by atoms with Crippen LogP contribution < -0.4 is 5.32 Å². The Bertz CT molecular complexity index is 351. The number of rotatable bonds is 3. The van der Waals surface area contributed by atoms with Crippen LogP contribution in [0.15, 0.2) is 0 Å². The summed E-state index contributed by atoms with van der Waals surface area (Å²) in [6.07, 6.45) is 3.03. The second-order valence-corrected chi connectivity index (χ2v) is 6.16. The highest BCUT2D eigenvalue weighted by atomic mass is 35.5. The Morgan fingerprint density at radius 2 is 1.62 bits per heavy atom. The van der Waals surface area contributed by atoms with Gasteiger partial charge in [0, 0.05) is 39.5 Å². The first-order valence-corrected chi connectivity index (χ1v) is 7.82. The van der Waals surface area contributed by atoms with Crippen LogP contribution in [-0.2, 0) is 9.59 Å². The first kappa shape index (κ1) is 18.2. The van der Waals surface area contributed by atoms with Crippen molar-refractivity contribution < 1.29 is 9.59 Å². The predicted molar refractivity (Wildman–Crippen MR) is 85.5 cm³/mol. The lowest BCUT2D eigenvalue weighted by Gasteiger charge is -2.35. The molecule has 0 radical (unpaired) electrons. The van der Waals surface area contributed by atoms with Crippen LogP contribution in [0.2, 0.25) is 0 Å². The van der Waals surface area contributed by atoms with E-state index in [0.717, 1.165) is 13.1 Å². The summed E-state index contributed by atoms with van der Waals surface area (Å²) >= 11 is 0. The molecule has 0 aromatic carbocycles. The van der Waals surface area contributed by atoms with Crippen molar-refractivity contribution in [1.29, 1.82) is 0 Å². The van der Waals surface area contributed by atoms with Gasteiger partial charge in [-0.2, -0.15) is 0 Å². The van der Waals surface area contributed by atoms with Crippen molar-refractivity contribution in [1.82, 2.24) is 15.1 Å². The van der Waals surface area contributed by atoms with Crippen molar-refractivity contribution in [2.75, 3.05) is 39.3 Å². The average Bonchev–Trinajstić information content (AvgIpc) is 2.48. The molecule has 2 heterocycles. The molecule has 0 aliphatic carbocycles. The highest BCUT2D eigenvalue weighted by molar-refractivity contribution is 5.85. The number of hydrogen-bond donors (Lipinski definition) is 1. The Labute approximate surface area is 133 Å². The van der Waals surface area contributed by atoms with E-state index in [4.69, 9.17) is 0 Å². The van der Waals surface area contributed by atoms with Gasteiger partial charge in [0.15, 0.2) is 0 Å². The standard InChI is InChI=1S/C15H27N3O2.ClH/c1-12(14-3-5-16-6-4-14)11-15(20)18-9-7-17(8-10-18)13(2)19;/h12,14,16H,3-11H2,1-2H3;1H. The number of amides is 2. The van der Waals surface area contributed by atoms with Gasteiger partial charge in [-0.05, 0) is 37.8 Å². The highest BCUT2D eigenvalue weighted by Gasteiger charge is 2.26. The molecule has 2 rings (SSSR count). The molecule has 2 fully saturated rings. The summed E-state index contributed by atoms with van der Waals surface area (Å²) in [5, 5.41) is 3.37. The Morgan fingerprint density at radius 3 is 2.14 bits per heavy atom. The molecule has 1 atom stereocenters. The fourth-order valence-electron chi connectivity index (χ4n) is 3.26. The van der Waals surface area contributed by atoms with Gasteiger partial charge < -0.3 is 15.1 Å². The summed E-state index contributed by atoms with van der Waals surface area (Å²) in [7, 11) is 0. The van der Waals surface area contributed by atoms with Crippen LogP contribution in [0.3, 0.4) is 0 Å². The Morgan fingerprint density at radius 1 is 1.10 bits per heavy atom. The lowest BCUT2D eigenvalue weighted by molar-refractivity contribution is -0.139. The molecule has 2 aliphatic rings. The maximum absolute atomic E-state index is 12.3. The fourth-order valence-corrected chi connectivity index (χ4v) is 3.26. The summed E-state index contributed by atoms with van der Waals surface area (Å²) in [5.41, 5.74) is 0. The normalized spacial score (nSPS) is 21.6. The minimum Gasteiger partial charge on any atom is -0.339 e. The molecule has 122 valence electrons. The smallest absolute Gasteiger partial charge is 0.222 e. The van der Waals surface area contributed by atoms with Crippen LogP contribution in [0, 0.1) is 11.8 Å². The Balaban J connectivity index is 0.00000220. The zero-order chi connectivity index (χ0) is 14.5.